The average molecular weight is 297 g/mol. The van der Waals surface area contributed by atoms with E-state index in [-0.39, 0.29) is 5.91 Å². The van der Waals surface area contributed by atoms with Crippen molar-refractivity contribution in [3.05, 3.63) is 65.5 Å². The molecule has 0 aliphatic heterocycles. The minimum Gasteiger partial charge on any atom is -0.344 e. The predicted octanol–water partition coefficient (Wildman–Crippen LogP) is 2.18. The normalized spacial score (nSPS) is 10.5. The minimum absolute atomic E-state index is 0.114. The van der Waals surface area contributed by atoms with Crippen molar-refractivity contribution in [1.82, 2.24) is 15.2 Å². The maximum absolute atomic E-state index is 12.1. The molecule has 22 heavy (non-hydrogen) atoms. The number of hydrogen-bond donors (Lipinski definition) is 1. The van der Waals surface area contributed by atoms with Crippen molar-refractivity contribution in [1.29, 1.82) is 0 Å². The smallest absolute Gasteiger partial charge is 0.236 e. The third kappa shape index (κ3) is 4.97. The number of nitrogens with one attached hydrogen (secondary N) is 1. The largest absolute Gasteiger partial charge is 0.344 e. The van der Waals surface area contributed by atoms with Crippen LogP contribution in [0.1, 0.15) is 16.7 Å². The Hall–Kier alpha value is -2.20. The van der Waals surface area contributed by atoms with Gasteiger partial charge in [-0.2, -0.15) is 0 Å². The highest BCUT2D eigenvalue weighted by Crippen LogP contribution is 2.06. The molecule has 1 aromatic heterocycles. The summed E-state index contributed by atoms with van der Waals surface area (Å²) >= 11 is 0. The van der Waals surface area contributed by atoms with Gasteiger partial charge in [-0.05, 0) is 42.2 Å². The summed E-state index contributed by atoms with van der Waals surface area (Å²) < 4.78 is 0. The lowest BCUT2D eigenvalue weighted by atomic mass is 10.1. The van der Waals surface area contributed by atoms with Gasteiger partial charge in [0.25, 0.3) is 0 Å². The van der Waals surface area contributed by atoms with Crippen LogP contribution in [0.15, 0.2) is 48.8 Å². The van der Waals surface area contributed by atoms with E-state index in [1.54, 1.807) is 17.3 Å². The third-order valence-electron chi connectivity index (χ3n) is 3.76. The van der Waals surface area contributed by atoms with Gasteiger partial charge in [0, 0.05) is 32.5 Å². The Kier molecular flexibility index (Phi) is 6.10. The number of amides is 1. The molecule has 1 aromatic carbocycles. The van der Waals surface area contributed by atoms with Gasteiger partial charge in [-0.3, -0.25) is 9.78 Å². The molecule has 0 bridgehead atoms. The highest BCUT2D eigenvalue weighted by Gasteiger charge is 2.08. The summed E-state index contributed by atoms with van der Waals surface area (Å²) in [7, 11) is 1.85. The molecule has 0 unspecified atom stereocenters. The Morgan fingerprint density at radius 3 is 2.64 bits per heavy atom. The van der Waals surface area contributed by atoms with E-state index in [0.717, 1.165) is 19.5 Å². The number of carbonyl (C=O) groups is 1. The summed E-state index contributed by atoms with van der Waals surface area (Å²) in [5.41, 5.74) is 3.67. The lowest BCUT2D eigenvalue weighted by molar-refractivity contribution is -0.128. The fourth-order valence-corrected chi connectivity index (χ4v) is 2.22. The van der Waals surface area contributed by atoms with E-state index < -0.39 is 0 Å². The van der Waals surface area contributed by atoms with E-state index >= 15 is 0 Å². The number of benzene rings is 1. The lowest BCUT2D eigenvalue weighted by Crippen LogP contribution is -2.36. The average Bonchev–Trinajstić information content (AvgIpc) is 2.55. The number of rotatable bonds is 7. The van der Waals surface area contributed by atoms with E-state index in [1.807, 2.05) is 31.3 Å². The van der Waals surface area contributed by atoms with Crippen LogP contribution in [-0.4, -0.2) is 35.9 Å². The Morgan fingerprint density at radius 2 is 1.91 bits per heavy atom. The summed E-state index contributed by atoms with van der Waals surface area (Å²) in [6.07, 6.45) is 4.41. The van der Waals surface area contributed by atoms with Crippen LogP contribution in [-0.2, 0) is 17.8 Å². The Bertz CT molecular complexity index is 598. The second-order valence-electron chi connectivity index (χ2n) is 5.45. The van der Waals surface area contributed by atoms with Crippen LogP contribution in [0.5, 0.6) is 0 Å². The monoisotopic (exact) mass is 297 g/mol. The number of likely N-dealkylation sites (N-methyl/N-ethyl adjacent to an activating group) is 1. The van der Waals surface area contributed by atoms with Gasteiger partial charge in [-0.15, -0.1) is 0 Å². The van der Waals surface area contributed by atoms with Crippen molar-refractivity contribution in [3.63, 3.8) is 0 Å². The van der Waals surface area contributed by atoms with Crippen LogP contribution >= 0.6 is 0 Å². The second kappa shape index (κ2) is 8.29. The van der Waals surface area contributed by atoms with Gasteiger partial charge >= 0.3 is 0 Å². The molecule has 116 valence electrons. The van der Waals surface area contributed by atoms with Crippen molar-refractivity contribution in [2.75, 3.05) is 20.1 Å². The van der Waals surface area contributed by atoms with Gasteiger partial charge in [-0.25, -0.2) is 0 Å². The molecule has 0 spiro atoms. The molecule has 1 heterocycles. The first kappa shape index (κ1) is 16.2. The van der Waals surface area contributed by atoms with Gasteiger partial charge in [0.15, 0.2) is 0 Å². The minimum atomic E-state index is 0.114. The molecule has 1 amide bonds. The zero-order chi connectivity index (χ0) is 15.8. The summed E-state index contributed by atoms with van der Waals surface area (Å²) in [4.78, 5) is 17.9. The molecule has 2 rings (SSSR count). The standard InChI is InChI=1S/C18H23N3O/c1-15-5-3-4-6-17(15)13-20-14-18(22)21(2)12-9-16-7-10-19-11-8-16/h3-8,10-11,20H,9,12-14H2,1-2H3. The van der Waals surface area contributed by atoms with Gasteiger partial charge in [0.2, 0.25) is 5.91 Å². The summed E-state index contributed by atoms with van der Waals surface area (Å²) in [5.74, 6) is 0.114. The molecule has 0 aliphatic carbocycles. The first-order chi connectivity index (χ1) is 10.7. The third-order valence-corrected chi connectivity index (χ3v) is 3.76. The number of hydrogen-bond acceptors (Lipinski definition) is 3. The molecule has 4 nitrogen and oxygen atoms in total. The summed E-state index contributed by atoms with van der Waals surface area (Å²) in [6.45, 7) is 3.88. The van der Waals surface area contributed by atoms with Crippen LogP contribution in [0.4, 0.5) is 0 Å². The molecule has 1 N–H and O–H groups in total. The first-order valence-electron chi connectivity index (χ1n) is 7.55. The molecule has 0 radical (unpaired) electrons. The van der Waals surface area contributed by atoms with Gasteiger partial charge in [0.1, 0.15) is 0 Å². The maximum Gasteiger partial charge on any atom is 0.236 e. The highest BCUT2D eigenvalue weighted by molar-refractivity contribution is 5.77. The predicted molar refractivity (Wildman–Crippen MR) is 88.5 cm³/mol. The van der Waals surface area contributed by atoms with E-state index in [0.29, 0.717) is 6.54 Å². The molecular weight excluding hydrogens is 274 g/mol. The van der Waals surface area contributed by atoms with Crippen molar-refractivity contribution < 1.29 is 4.79 Å². The van der Waals surface area contributed by atoms with Crippen LogP contribution in [0.25, 0.3) is 0 Å². The number of aryl methyl sites for hydroxylation is 1. The molecular formula is C18H23N3O. The van der Waals surface area contributed by atoms with Gasteiger partial charge < -0.3 is 10.2 Å². The number of carbonyl (C=O) groups excluding carboxylic acids is 1. The zero-order valence-electron chi connectivity index (χ0n) is 13.2. The van der Waals surface area contributed by atoms with Gasteiger partial charge in [-0.1, -0.05) is 24.3 Å². The second-order valence-corrected chi connectivity index (χ2v) is 5.45. The van der Waals surface area contributed by atoms with Crippen LogP contribution in [0, 0.1) is 6.92 Å². The topological polar surface area (TPSA) is 45.2 Å². The molecule has 0 aliphatic rings. The quantitative estimate of drug-likeness (QED) is 0.852. The molecule has 0 atom stereocenters. The lowest BCUT2D eigenvalue weighted by Gasteiger charge is -2.17. The number of nitrogens with zero attached hydrogens (tertiary/aromatic N) is 2. The molecule has 0 fully saturated rings. The van der Waals surface area contributed by atoms with E-state index in [9.17, 15) is 4.79 Å². The van der Waals surface area contributed by atoms with E-state index in [1.165, 1.54) is 16.7 Å². The van der Waals surface area contributed by atoms with E-state index in [2.05, 4.69) is 29.4 Å². The van der Waals surface area contributed by atoms with Crippen LogP contribution < -0.4 is 5.32 Å². The molecule has 0 saturated heterocycles. The van der Waals surface area contributed by atoms with Crippen molar-refractivity contribution >= 4 is 5.91 Å². The molecule has 4 heteroatoms. The molecule has 0 saturated carbocycles. The fourth-order valence-electron chi connectivity index (χ4n) is 2.22. The zero-order valence-corrected chi connectivity index (χ0v) is 13.2. The number of pyridine rings is 1. The first-order valence-corrected chi connectivity index (χ1v) is 7.55. The SMILES string of the molecule is Cc1ccccc1CNCC(=O)N(C)CCc1ccncc1. The van der Waals surface area contributed by atoms with Gasteiger partial charge in [0.05, 0.1) is 6.54 Å². The molecule has 2 aromatic rings. The highest BCUT2D eigenvalue weighted by atomic mass is 16.2. The maximum atomic E-state index is 12.1. The van der Waals surface area contributed by atoms with Crippen LogP contribution in [0.2, 0.25) is 0 Å². The van der Waals surface area contributed by atoms with Crippen molar-refractivity contribution in [3.8, 4) is 0 Å². The van der Waals surface area contributed by atoms with Crippen molar-refractivity contribution in [2.45, 2.75) is 19.9 Å². The summed E-state index contributed by atoms with van der Waals surface area (Å²) in [5, 5.41) is 3.22. The van der Waals surface area contributed by atoms with E-state index in [4.69, 9.17) is 0 Å². The van der Waals surface area contributed by atoms with Crippen LogP contribution in [0.3, 0.4) is 0 Å². The Balaban J connectivity index is 1.71. The summed E-state index contributed by atoms with van der Waals surface area (Å²) in [6, 6.07) is 12.2. The number of aromatic nitrogens is 1. The fraction of sp³-hybridized carbons (Fsp3) is 0.333. The van der Waals surface area contributed by atoms with Crippen molar-refractivity contribution in [2.24, 2.45) is 0 Å². The Labute approximate surface area is 132 Å². The Morgan fingerprint density at radius 1 is 1.18 bits per heavy atom.